The van der Waals surface area contributed by atoms with Crippen molar-refractivity contribution in [1.82, 2.24) is 0 Å². The predicted molar refractivity (Wildman–Crippen MR) is 47.6 cm³/mol. The number of aromatic hydroxyl groups is 1. The first kappa shape index (κ1) is 10.8. The van der Waals surface area contributed by atoms with E-state index in [0.29, 0.717) is 0 Å². The summed E-state index contributed by atoms with van der Waals surface area (Å²) >= 11 is 0. The first-order chi connectivity index (χ1) is 6.46. The Morgan fingerprint density at radius 1 is 1.50 bits per heavy atom. The molecule has 4 nitrogen and oxygen atoms in total. The Labute approximate surface area is 81.2 Å². The van der Waals surface area contributed by atoms with Crippen molar-refractivity contribution in [2.45, 2.75) is 11.8 Å². The summed E-state index contributed by atoms with van der Waals surface area (Å²) in [5.41, 5.74) is 0. The highest BCUT2D eigenvalue weighted by Gasteiger charge is 2.19. The molecule has 0 fully saturated rings. The summed E-state index contributed by atoms with van der Waals surface area (Å²) in [6.45, 7) is 1.92. The van der Waals surface area contributed by atoms with Gasteiger partial charge in [0, 0.05) is 0 Å². The summed E-state index contributed by atoms with van der Waals surface area (Å²) in [7, 11) is -4.90. The van der Waals surface area contributed by atoms with E-state index < -0.39 is 20.9 Å². The number of benzene rings is 1. The lowest BCUT2D eigenvalue weighted by atomic mass is 10.3. The summed E-state index contributed by atoms with van der Waals surface area (Å²) in [5.74, 6) is -0.747. The molecule has 0 spiro atoms. The minimum absolute atomic E-state index is 0.0498. The lowest BCUT2D eigenvalue weighted by Crippen LogP contribution is -1.96. The van der Waals surface area contributed by atoms with Crippen molar-refractivity contribution >= 4 is 10.2 Å². The van der Waals surface area contributed by atoms with Crippen molar-refractivity contribution in [3.8, 4) is 11.5 Å². The van der Waals surface area contributed by atoms with Gasteiger partial charge in [-0.2, -0.15) is 8.42 Å². The van der Waals surface area contributed by atoms with Gasteiger partial charge < -0.3 is 9.84 Å². The molecular formula is C8H9FO4S. The molecule has 78 valence electrons. The van der Waals surface area contributed by atoms with E-state index in [2.05, 4.69) is 0 Å². The standard InChI is InChI=1S/C8H9FO4S/c1-2-13-6-4-3-5-7(8(6)10)14(9,11)12/h3-5,10H,2H2,1H3. The maximum Gasteiger partial charge on any atom is 0.335 e. The van der Waals surface area contributed by atoms with Gasteiger partial charge in [-0.15, -0.1) is 3.89 Å². The zero-order valence-corrected chi connectivity index (χ0v) is 8.21. The summed E-state index contributed by atoms with van der Waals surface area (Å²) < 4.78 is 38.5. The van der Waals surface area contributed by atoms with E-state index in [1.54, 1.807) is 6.92 Å². The second kappa shape index (κ2) is 3.83. The van der Waals surface area contributed by atoms with Gasteiger partial charge in [0.2, 0.25) is 0 Å². The molecule has 1 aromatic carbocycles. The molecule has 0 bridgehead atoms. The second-order valence-electron chi connectivity index (χ2n) is 2.47. The number of hydrogen-bond donors (Lipinski definition) is 1. The van der Waals surface area contributed by atoms with Gasteiger partial charge in [-0.05, 0) is 19.1 Å². The van der Waals surface area contributed by atoms with Gasteiger partial charge >= 0.3 is 10.2 Å². The number of para-hydroxylation sites is 1. The van der Waals surface area contributed by atoms with Crippen molar-refractivity contribution in [3.63, 3.8) is 0 Å². The zero-order chi connectivity index (χ0) is 10.8. The third-order valence-corrected chi connectivity index (χ3v) is 2.38. The van der Waals surface area contributed by atoms with E-state index in [1.165, 1.54) is 12.1 Å². The maximum absolute atomic E-state index is 12.6. The first-order valence-electron chi connectivity index (χ1n) is 3.86. The molecule has 6 heteroatoms. The van der Waals surface area contributed by atoms with Gasteiger partial charge in [-0.1, -0.05) is 6.07 Å². The number of phenols is 1. The molecule has 0 aromatic heterocycles. The van der Waals surface area contributed by atoms with Crippen LogP contribution in [0.4, 0.5) is 3.89 Å². The SMILES string of the molecule is CCOc1cccc(S(=O)(=O)F)c1O. The third-order valence-electron chi connectivity index (χ3n) is 1.52. The lowest BCUT2D eigenvalue weighted by molar-refractivity contribution is 0.314. The van der Waals surface area contributed by atoms with Gasteiger partial charge in [-0.25, -0.2) is 0 Å². The molecule has 0 saturated heterocycles. The topological polar surface area (TPSA) is 63.6 Å². The highest BCUT2D eigenvalue weighted by atomic mass is 32.3. The fourth-order valence-electron chi connectivity index (χ4n) is 0.971. The summed E-state index contributed by atoms with van der Waals surface area (Å²) in [6.07, 6.45) is 0. The van der Waals surface area contributed by atoms with Crippen molar-refractivity contribution in [1.29, 1.82) is 0 Å². The first-order valence-corrected chi connectivity index (χ1v) is 5.24. The number of phenolic OH excluding ortho intramolecular Hbond substituents is 1. The number of rotatable bonds is 3. The van der Waals surface area contributed by atoms with Gasteiger partial charge in [0.25, 0.3) is 0 Å². The molecule has 0 heterocycles. The maximum atomic E-state index is 12.6. The molecular weight excluding hydrogens is 211 g/mol. The highest BCUT2D eigenvalue weighted by Crippen LogP contribution is 2.33. The van der Waals surface area contributed by atoms with Crippen LogP contribution in [0.1, 0.15) is 6.92 Å². The van der Waals surface area contributed by atoms with E-state index >= 15 is 0 Å². The molecule has 1 aromatic rings. The molecule has 0 amide bonds. The fourth-order valence-corrected chi connectivity index (χ4v) is 1.54. The Bertz CT molecular complexity index is 427. The average Bonchev–Trinajstić information content (AvgIpc) is 2.07. The van der Waals surface area contributed by atoms with E-state index in [9.17, 15) is 17.4 Å². The number of hydrogen-bond acceptors (Lipinski definition) is 4. The van der Waals surface area contributed by atoms with Crippen molar-refractivity contribution in [3.05, 3.63) is 18.2 Å². The van der Waals surface area contributed by atoms with E-state index in [0.717, 1.165) is 6.07 Å². The van der Waals surface area contributed by atoms with Crippen LogP contribution in [0.2, 0.25) is 0 Å². The normalized spacial score (nSPS) is 11.3. The third kappa shape index (κ3) is 2.14. The van der Waals surface area contributed by atoms with Crippen LogP contribution >= 0.6 is 0 Å². The summed E-state index contributed by atoms with van der Waals surface area (Å²) in [5, 5.41) is 9.31. The minimum Gasteiger partial charge on any atom is -0.503 e. The van der Waals surface area contributed by atoms with E-state index in [-0.39, 0.29) is 12.4 Å². The van der Waals surface area contributed by atoms with Crippen LogP contribution in [0, 0.1) is 0 Å². The smallest absolute Gasteiger partial charge is 0.335 e. The lowest BCUT2D eigenvalue weighted by Gasteiger charge is -2.06. The molecule has 0 atom stereocenters. The molecule has 0 aliphatic rings. The van der Waals surface area contributed by atoms with Gasteiger partial charge in [0.15, 0.2) is 11.5 Å². The number of ether oxygens (including phenoxy) is 1. The minimum atomic E-state index is -4.90. The van der Waals surface area contributed by atoms with Crippen LogP contribution < -0.4 is 4.74 Å². The molecule has 0 radical (unpaired) electrons. The second-order valence-corrected chi connectivity index (χ2v) is 3.79. The van der Waals surface area contributed by atoms with Crippen LogP contribution in [0.3, 0.4) is 0 Å². The molecule has 0 aliphatic carbocycles. The van der Waals surface area contributed by atoms with Crippen LogP contribution in [0.25, 0.3) is 0 Å². The Balaban J connectivity index is 3.28. The largest absolute Gasteiger partial charge is 0.503 e. The predicted octanol–water partition coefficient (Wildman–Crippen LogP) is 1.45. The van der Waals surface area contributed by atoms with E-state index in [1.807, 2.05) is 0 Å². The van der Waals surface area contributed by atoms with Gasteiger partial charge in [0.1, 0.15) is 4.90 Å². The molecule has 0 unspecified atom stereocenters. The molecule has 0 saturated carbocycles. The van der Waals surface area contributed by atoms with E-state index in [4.69, 9.17) is 4.74 Å². The average molecular weight is 220 g/mol. The van der Waals surface area contributed by atoms with Crippen molar-refractivity contribution in [2.75, 3.05) is 6.61 Å². The van der Waals surface area contributed by atoms with Crippen LogP contribution in [0.15, 0.2) is 23.1 Å². The van der Waals surface area contributed by atoms with Crippen molar-refractivity contribution in [2.24, 2.45) is 0 Å². The zero-order valence-electron chi connectivity index (χ0n) is 7.40. The highest BCUT2D eigenvalue weighted by molar-refractivity contribution is 7.86. The Kier molecular flexibility index (Phi) is 2.95. The Morgan fingerprint density at radius 2 is 2.14 bits per heavy atom. The molecule has 14 heavy (non-hydrogen) atoms. The van der Waals surface area contributed by atoms with Crippen LogP contribution in [0.5, 0.6) is 11.5 Å². The Morgan fingerprint density at radius 3 is 2.64 bits per heavy atom. The summed E-state index contributed by atoms with van der Waals surface area (Å²) in [6, 6.07) is 3.61. The van der Waals surface area contributed by atoms with Gasteiger partial charge in [0.05, 0.1) is 6.61 Å². The van der Waals surface area contributed by atoms with Gasteiger partial charge in [-0.3, -0.25) is 0 Å². The van der Waals surface area contributed by atoms with Crippen LogP contribution in [-0.4, -0.2) is 20.1 Å². The summed E-state index contributed by atoms with van der Waals surface area (Å²) in [4.78, 5) is -0.775. The molecule has 0 aliphatic heterocycles. The van der Waals surface area contributed by atoms with Crippen LogP contribution in [-0.2, 0) is 10.2 Å². The van der Waals surface area contributed by atoms with Crippen molar-refractivity contribution < 1.29 is 22.1 Å². The number of halogens is 1. The fraction of sp³-hybridized carbons (Fsp3) is 0.250. The quantitative estimate of drug-likeness (QED) is 0.783. The Hall–Kier alpha value is -1.30. The molecule has 1 N–H and O–H groups in total. The monoisotopic (exact) mass is 220 g/mol. The molecule has 1 rings (SSSR count).